The summed E-state index contributed by atoms with van der Waals surface area (Å²) in [5.41, 5.74) is 4.56. The fourth-order valence-corrected chi connectivity index (χ4v) is 4.30. The van der Waals surface area contributed by atoms with E-state index in [1.807, 2.05) is 18.5 Å². The number of nitrogens with zero attached hydrogens (tertiary/aromatic N) is 3. The van der Waals surface area contributed by atoms with Gasteiger partial charge in [0.1, 0.15) is 16.0 Å². The number of hydrogen-bond donors (Lipinski definition) is 0. The predicted octanol–water partition coefficient (Wildman–Crippen LogP) is 5.06. The van der Waals surface area contributed by atoms with Crippen molar-refractivity contribution in [1.82, 2.24) is 14.5 Å². The SMILES string of the molecule is Brc1ccc([C@]2(Cc3ccccc3)c3ccccc3-c3nccn32)cn1. The van der Waals surface area contributed by atoms with Crippen LogP contribution in [0.2, 0.25) is 0 Å². The molecule has 2 aromatic carbocycles. The van der Waals surface area contributed by atoms with Crippen LogP contribution in [-0.4, -0.2) is 14.5 Å². The molecule has 26 heavy (non-hydrogen) atoms. The van der Waals surface area contributed by atoms with Crippen molar-refractivity contribution in [2.24, 2.45) is 0 Å². The highest BCUT2D eigenvalue weighted by Crippen LogP contribution is 2.48. The Balaban J connectivity index is 1.82. The average molecular weight is 402 g/mol. The number of aromatic nitrogens is 3. The van der Waals surface area contributed by atoms with Gasteiger partial charge < -0.3 is 4.57 Å². The van der Waals surface area contributed by atoms with Gasteiger partial charge in [-0.25, -0.2) is 9.97 Å². The normalized spacial score (nSPS) is 17.7. The van der Waals surface area contributed by atoms with Crippen LogP contribution in [0.15, 0.2) is 89.9 Å². The lowest BCUT2D eigenvalue weighted by Gasteiger charge is -2.33. The summed E-state index contributed by atoms with van der Waals surface area (Å²) in [5, 5.41) is 0. The van der Waals surface area contributed by atoms with Crippen molar-refractivity contribution in [1.29, 1.82) is 0 Å². The van der Waals surface area contributed by atoms with E-state index in [-0.39, 0.29) is 5.54 Å². The quantitative estimate of drug-likeness (QED) is 0.449. The molecule has 0 unspecified atom stereocenters. The van der Waals surface area contributed by atoms with Crippen molar-refractivity contribution in [3.05, 3.63) is 107 Å². The Morgan fingerprint density at radius 1 is 0.885 bits per heavy atom. The fourth-order valence-electron chi connectivity index (χ4n) is 4.07. The molecule has 4 aromatic rings. The summed E-state index contributed by atoms with van der Waals surface area (Å²) < 4.78 is 3.14. The molecule has 3 nitrogen and oxygen atoms in total. The number of hydrogen-bond acceptors (Lipinski definition) is 2. The number of imidazole rings is 1. The van der Waals surface area contributed by atoms with Gasteiger partial charge in [-0.3, -0.25) is 0 Å². The van der Waals surface area contributed by atoms with Crippen LogP contribution in [0, 0.1) is 0 Å². The van der Waals surface area contributed by atoms with E-state index in [1.165, 1.54) is 16.7 Å². The molecule has 0 amide bonds. The zero-order valence-electron chi connectivity index (χ0n) is 14.0. The maximum absolute atomic E-state index is 4.65. The average Bonchev–Trinajstić information content (AvgIpc) is 3.26. The molecular formula is C22H16BrN3. The summed E-state index contributed by atoms with van der Waals surface area (Å²) in [6, 6.07) is 23.4. The summed E-state index contributed by atoms with van der Waals surface area (Å²) in [4.78, 5) is 9.17. The molecule has 0 saturated heterocycles. The second-order valence-electron chi connectivity index (χ2n) is 6.56. The zero-order chi connectivity index (χ0) is 17.6. The van der Waals surface area contributed by atoms with E-state index >= 15 is 0 Å². The Morgan fingerprint density at radius 3 is 2.50 bits per heavy atom. The summed E-state index contributed by atoms with van der Waals surface area (Å²) in [7, 11) is 0. The molecule has 0 N–H and O–H groups in total. The van der Waals surface area contributed by atoms with Gasteiger partial charge in [0.15, 0.2) is 0 Å². The van der Waals surface area contributed by atoms with Crippen LogP contribution in [0.5, 0.6) is 0 Å². The van der Waals surface area contributed by atoms with E-state index in [2.05, 4.69) is 97.3 Å². The Bertz CT molecular complexity index is 1070. The summed E-state index contributed by atoms with van der Waals surface area (Å²) in [6.45, 7) is 0. The first-order valence-electron chi connectivity index (χ1n) is 8.59. The minimum atomic E-state index is -0.350. The van der Waals surface area contributed by atoms with Gasteiger partial charge in [-0.05, 0) is 33.1 Å². The Kier molecular flexibility index (Phi) is 3.54. The molecule has 1 aliphatic heterocycles. The van der Waals surface area contributed by atoms with Crippen LogP contribution in [0.25, 0.3) is 11.4 Å². The molecule has 3 heterocycles. The van der Waals surface area contributed by atoms with E-state index in [4.69, 9.17) is 0 Å². The molecule has 0 saturated carbocycles. The van der Waals surface area contributed by atoms with Crippen LogP contribution in [0.4, 0.5) is 0 Å². The van der Waals surface area contributed by atoms with Crippen molar-refractivity contribution in [3.63, 3.8) is 0 Å². The zero-order valence-corrected chi connectivity index (χ0v) is 15.6. The smallest absolute Gasteiger partial charge is 0.141 e. The summed E-state index contributed by atoms with van der Waals surface area (Å²) in [5.74, 6) is 1.01. The maximum Gasteiger partial charge on any atom is 0.141 e. The number of benzene rings is 2. The van der Waals surface area contributed by atoms with Crippen LogP contribution >= 0.6 is 15.9 Å². The fraction of sp³-hybridized carbons (Fsp3) is 0.0909. The van der Waals surface area contributed by atoms with Gasteiger partial charge in [0.25, 0.3) is 0 Å². The van der Waals surface area contributed by atoms with Crippen molar-refractivity contribution < 1.29 is 0 Å². The van der Waals surface area contributed by atoms with Crippen LogP contribution in [-0.2, 0) is 12.0 Å². The number of rotatable bonds is 3. The summed E-state index contributed by atoms with van der Waals surface area (Å²) >= 11 is 3.46. The molecule has 126 valence electrons. The largest absolute Gasteiger partial charge is 0.316 e. The van der Waals surface area contributed by atoms with Gasteiger partial charge in [0, 0.05) is 36.1 Å². The first kappa shape index (κ1) is 15.5. The molecule has 4 heteroatoms. The van der Waals surface area contributed by atoms with Gasteiger partial charge in [-0.1, -0.05) is 60.7 Å². The molecule has 0 spiro atoms. The van der Waals surface area contributed by atoms with Crippen molar-refractivity contribution in [2.75, 3.05) is 0 Å². The van der Waals surface area contributed by atoms with Gasteiger partial charge in [0.05, 0.1) is 0 Å². The van der Waals surface area contributed by atoms with E-state index in [0.717, 1.165) is 22.4 Å². The Hall–Kier alpha value is -2.72. The highest BCUT2D eigenvalue weighted by atomic mass is 79.9. The third-order valence-electron chi connectivity index (χ3n) is 5.17. The molecule has 0 bridgehead atoms. The van der Waals surface area contributed by atoms with Gasteiger partial charge in [-0.15, -0.1) is 0 Å². The predicted molar refractivity (Wildman–Crippen MR) is 106 cm³/mol. The highest BCUT2D eigenvalue weighted by molar-refractivity contribution is 9.10. The van der Waals surface area contributed by atoms with Gasteiger partial charge >= 0.3 is 0 Å². The third kappa shape index (κ3) is 2.19. The van der Waals surface area contributed by atoms with Crippen LogP contribution in [0.1, 0.15) is 16.7 Å². The molecule has 2 aromatic heterocycles. The Labute approximate surface area is 160 Å². The summed E-state index contributed by atoms with van der Waals surface area (Å²) in [6.07, 6.45) is 6.79. The molecule has 1 aliphatic rings. The van der Waals surface area contributed by atoms with E-state index in [9.17, 15) is 0 Å². The van der Waals surface area contributed by atoms with Gasteiger partial charge in [0.2, 0.25) is 0 Å². The third-order valence-corrected chi connectivity index (χ3v) is 5.64. The standard InChI is InChI=1S/C22H16BrN3/c23-20-11-10-17(15-25-20)22(14-16-6-2-1-3-7-16)19-9-5-4-8-18(19)21-24-12-13-26(21)22/h1-13,15H,14H2/t22-/m1/s1. The lowest BCUT2D eigenvalue weighted by atomic mass is 9.79. The lowest BCUT2D eigenvalue weighted by molar-refractivity contribution is 0.448. The van der Waals surface area contributed by atoms with Crippen molar-refractivity contribution in [3.8, 4) is 11.4 Å². The minimum Gasteiger partial charge on any atom is -0.316 e. The van der Waals surface area contributed by atoms with E-state index < -0.39 is 0 Å². The molecule has 1 atom stereocenters. The first-order chi connectivity index (χ1) is 12.8. The molecule has 0 fully saturated rings. The molecule has 0 radical (unpaired) electrons. The van der Waals surface area contributed by atoms with Crippen molar-refractivity contribution >= 4 is 15.9 Å². The van der Waals surface area contributed by atoms with E-state index in [1.54, 1.807) is 0 Å². The molecule has 0 aliphatic carbocycles. The minimum absolute atomic E-state index is 0.350. The molecule has 5 rings (SSSR count). The van der Waals surface area contributed by atoms with Crippen LogP contribution < -0.4 is 0 Å². The van der Waals surface area contributed by atoms with Crippen LogP contribution in [0.3, 0.4) is 0 Å². The second-order valence-corrected chi connectivity index (χ2v) is 7.37. The number of halogens is 1. The molecular weight excluding hydrogens is 386 g/mol. The number of pyridine rings is 1. The van der Waals surface area contributed by atoms with E-state index in [0.29, 0.717) is 0 Å². The number of fused-ring (bicyclic) bond motifs is 3. The monoisotopic (exact) mass is 401 g/mol. The maximum atomic E-state index is 4.65. The lowest BCUT2D eigenvalue weighted by Crippen LogP contribution is -2.35. The Morgan fingerprint density at radius 2 is 1.69 bits per heavy atom. The van der Waals surface area contributed by atoms with Crippen molar-refractivity contribution in [2.45, 2.75) is 12.0 Å². The highest BCUT2D eigenvalue weighted by Gasteiger charge is 2.45. The first-order valence-corrected chi connectivity index (χ1v) is 9.38. The van der Waals surface area contributed by atoms with Gasteiger partial charge in [-0.2, -0.15) is 0 Å². The topological polar surface area (TPSA) is 30.7 Å². The second kappa shape index (κ2) is 5.92.